The first-order chi connectivity index (χ1) is 13.8. The van der Waals surface area contributed by atoms with Gasteiger partial charge in [-0.3, -0.25) is 0 Å². The highest BCUT2D eigenvalue weighted by Gasteiger charge is 2.21. The van der Waals surface area contributed by atoms with Crippen LogP contribution in [-0.2, 0) is 11.4 Å². The third-order valence-corrected chi connectivity index (χ3v) is 4.98. The van der Waals surface area contributed by atoms with Crippen molar-refractivity contribution in [3.05, 3.63) is 107 Å². The van der Waals surface area contributed by atoms with E-state index in [9.17, 15) is 0 Å². The molecule has 0 amide bonds. The summed E-state index contributed by atoms with van der Waals surface area (Å²) in [6, 6.07) is 27.0. The number of methoxy groups -OCH3 is 1. The molecule has 0 saturated heterocycles. The van der Waals surface area contributed by atoms with Crippen molar-refractivity contribution in [3.8, 4) is 5.75 Å². The van der Waals surface area contributed by atoms with Crippen molar-refractivity contribution in [2.75, 3.05) is 20.8 Å². The molecule has 0 aromatic heterocycles. The largest absolute Gasteiger partial charge is 0.497 e. The number of ether oxygens (including phenoxy) is 1. The first kappa shape index (κ1) is 18.3. The van der Waals surface area contributed by atoms with Crippen LogP contribution in [-0.4, -0.2) is 25.8 Å². The maximum Gasteiger partial charge on any atom is 0.119 e. The van der Waals surface area contributed by atoms with Crippen LogP contribution in [0.25, 0.3) is 11.1 Å². The van der Waals surface area contributed by atoms with Gasteiger partial charge in [-0.2, -0.15) is 5.06 Å². The van der Waals surface area contributed by atoms with E-state index >= 15 is 0 Å². The number of hydrogen-bond acceptors (Lipinski definition) is 3. The molecule has 1 heterocycles. The molecular formula is C25H23NO2. The van der Waals surface area contributed by atoms with E-state index in [-0.39, 0.29) is 0 Å². The molecule has 0 atom stereocenters. The predicted molar refractivity (Wildman–Crippen MR) is 113 cm³/mol. The van der Waals surface area contributed by atoms with Crippen LogP contribution in [0, 0.1) is 0 Å². The number of fused-ring (bicyclic) bond motifs is 1. The normalized spacial score (nSPS) is 13.6. The lowest BCUT2D eigenvalue weighted by atomic mass is 9.92. The van der Waals surface area contributed by atoms with Crippen LogP contribution < -0.4 is 4.74 Å². The molecule has 3 heteroatoms. The number of rotatable bonds is 4. The Morgan fingerprint density at radius 3 is 2.04 bits per heavy atom. The minimum Gasteiger partial charge on any atom is -0.497 e. The molecule has 3 nitrogen and oxygen atoms in total. The van der Waals surface area contributed by atoms with Crippen molar-refractivity contribution >= 4 is 11.1 Å². The Kier molecular flexibility index (Phi) is 5.41. The Balaban J connectivity index is 1.95. The minimum absolute atomic E-state index is 0.680. The average Bonchev–Trinajstić information content (AvgIpc) is 2.77. The van der Waals surface area contributed by atoms with E-state index in [1.165, 1.54) is 11.1 Å². The molecule has 3 aromatic rings. The van der Waals surface area contributed by atoms with Crippen molar-refractivity contribution in [2.24, 2.45) is 0 Å². The zero-order chi connectivity index (χ0) is 19.3. The van der Waals surface area contributed by atoms with E-state index in [2.05, 4.69) is 66.4 Å². The van der Waals surface area contributed by atoms with E-state index in [4.69, 9.17) is 9.57 Å². The lowest BCUT2D eigenvalue weighted by Gasteiger charge is -2.28. The van der Waals surface area contributed by atoms with Gasteiger partial charge in [0.2, 0.25) is 0 Å². The van der Waals surface area contributed by atoms with Gasteiger partial charge in [-0.1, -0.05) is 66.7 Å². The number of benzene rings is 3. The van der Waals surface area contributed by atoms with Gasteiger partial charge in [-0.25, -0.2) is 0 Å². The van der Waals surface area contributed by atoms with Gasteiger partial charge in [0, 0.05) is 11.1 Å². The van der Waals surface area contributed by atoms with Crippen LogP contribution in [0.4, 0.5) is 0 Å². The fourth-order valence-corrected chi connectivity index (χ4v) is 3.54. The number of hydroxylamine groups is 2. The second-order valence-corrected chi connectivity index (χ2v) is 6.71. The molecule has 1 aliphatic heterocycles. The fraction of sp³-hybridized carbons (Fsp3) is 0.160. The third kappa shape index (κ3) is 3.78. The Morgan fingerprint density at radius 2 is 1.46 bits per heavy atom. The summed E-state index contributed by atoms with van der Waals surface area (Å²) in [4.78, 5) is 5.57. The maximum absolute atomic E-state index is 5.57. The highest BCUT2D eigenvalue weighted by Crippen LogP contribution is 2.32. The Labute approximate surface area is 166 Å². The molecule has 4 rings (SSSR count). The third-order valence-electron chi connectivity index (χ3n) is 4.98. The van der Waals surface area contributed by atoms with E-state index in [0.29, 0.717) is 6.54 Å². The highest BCUT2D eigenvalue weighted by atomic mass is 16.7. The first-order valence-electron chi connectivity index (χ1n) is 9.35. The van der Waals surface area contributed by atoms with Crippen molar-refractivity contribution in [1.29, 1.82) is 0 Å². The van der Waals surface area contributed by atoms with Gasteiger partial charge in [0.1, 0.15) is 5.75 Å². The van der Waals surface area contributed by atoms with Gasteiger partial charge < -0.3 is 9.57 Å². The minimum atomic E-state index is 0.680. The molecule has 0 aliphatic carbocycles. The summed E-state index contributed by atoms with van der Waals surface area (Å²) in [6.45, 7) is 1.40. The molecule has 0 fully saturated rings. The van der Waals surface area contributed by atoms with Crippen molar-refractivity contribution in [3.63, 3.8) is 0 Å². The molecular weight excluding hydrogens is 346 g/mol. The quantitative estimate of drug-likeness (QED) is 0.591. The van der Waals surface area contributed by atoms with Gasteiger partial charge in [-0.15, -0.1) is 5.73 Å². The molecule has 0 bridgehead atoms. The highest BCUT2D eigenvalue weighted by molar-refractivity contribution is 5.85. The van der Waals surface area contributed by atoms with Crippen molar-refractivity contribution in [1.82, 2.24) is 5.06 Å². The van der Waals surface area contributed by atoms with Crippen LogP contribution in [0.2, 0.25) is 0 Å². The summed E-state index contributed by atoms with van der Waals surface area (Å²) in [5.41, 5.74) is 10.6. The zero-order valence-corrected chi connectivity index (χ0v) is 16.2. The van der Waals surface area contributed by atoms with E-state index in [0.717, 1.165) is 34.6 Å². The number of hydrogen-bond donors (Lipinski definition) is 0. The summed E-state index contributed by atoms with van der Waals surface area (Å²) >= 11 is 0. The van der Waals surface area contributed by atoms with Crippen molar-refractivity contribution < 1.29 is 9.57 Å². The summed E-state index contributed by atoms with van der Waals surface area (Å²) in [5.74, 6) is 0.853. The number of nitrogens with zero attached hydrogens (tertiary/aromatic N) is 1. The zero-order valence-electron chi connectivity index (χ0n) is 16.2. The van der Waals surface area contributed by atoms with Gasteiger partial charge in [0.15, 0.2) is 0 Å². The lowest BCUT2D eigenvalue weighted by Crippen LogP contribution is -2.28. The van der Waals surface area contributed by atoms with Gasteiger partial charge in [0.05, 0.1) is 27.3 Å². The molecule has 3 aromatic carbocycles. The Bertz CT molecular complexity index is 977. The Morgan fingerprint density at radius 1 is 0.821 bits per heavy atom. The Hall–Kier alpha value is -3.10. The first-order valence-corrected chi connectivity index (χ1v) is 9.35. The van der Waals surface area contributed by atoms with Crippen LogP contribution in [0.15, 0.2) is 84.6 Å². The van der Waals surface area contributed by atoms with Crippen LogP contribution in [0.5, 0.6) is 5.75 Å². The van der Waals surface area contributed by atoms with E-state index in [1.54, 1.807) is 14.2 Å². The second kappa shape index (κ2) is 8.28. The van der Waals surface area contributed by atoms with Gasteiger partial charge in [-0.05, 0) is 34.4 Å². The summed E-state index contributed by atoms with van der Waals surface area (Å²) < 4.78 is 5.41. The molecule has 0 unspecified atom stereocenters. The smallest absolute Gasteiger partial charge is 0.119 e. The fourth-order valence-electron chi connectivity index (χ4n) is 3.54. The SMILES string of the molecule is COc1ccc2c(c1)CN(OC)CC2=C=C(c1ccccc1)c1ccccc1. The maximum atomic E-state index is 5.57. The molecule has 0 N–H and O–H groups in total. The molecule has 0 saturated carbocycles. The topological polar surface area (TPSA) is 21.7 Å². The van der Waals surface area contributed by atoms with Crippen LogP contribution in [0.3, 0.4) is 0 Å². The standard InChI is InChI=1S/C25H23NO2/c1-27-23-13-14-24-21(15-23)17-26(28-2)18-22(24)16-25(19-9-5-3-6-10-19)20-11-7-4-8-12-20/h3-15H,17-18H2,1-2H3. The van der Waals surface area contributed by atoms with Gasteiger partial charge in [0.25, 0.3) is 0 Å². The van der Waals surface area contributed by atoms with Crippen LogP contribution in [0.1, 0.15) is 22.3 Å². The molecule has 0 spiro atoms. The lowest BCUT2D eigenvalue weighted by molar-refractivity contribution is -0.130. The monoisotopic (exact) mass is 369 g/mol. The molecule has 140 valence electrons. The second-order valence-electron chi connectivity index (χ2n) is 6.71. The van der Waals surface area contributed by atoms with E-state index < -0.39 is 0 Å². The summed E-state index contributed by atoms with van der Waals surface area (Å²) in [7, 11) is 3.40. The van der Waals surface area contributed by atoms with Gasteiger partial charge >= 0.3 is 0 Å². The predicted octanol–water partition coefficient (Wildman–Crippen LogP) is 5.19. The average molecular weight is 369 g/mol. The summed E-state index contributed by atoms with van der Waals surface area (Å²) in [6.07, 6.45) is 0. The summed E-state index contributed by atoms with van der Waals surface area (Å²) in [5, 5.41) is 1.94. The molecule has 28 heavy (non-hydrogen) atoms. The molecule has 0 radical (unpaired) electrons. The van der Waals surface area contributed by atoms with E-state index in [1.807, 2.05) is 23.3 Å². The molecule has 1 aliphatic rings. The van der Waals surface area contributed by atoms with Crippen molar-refractivity contribution in [2.45, 2.75) is 6.54 Å². The van der Waals surface area contributed by atoms with Crippen LogP contribution >= 0.6 is 0 Å².